The van der Waals surface area contributed by atoms with Crippen molar-refractivity contribution in [1.29, 1.82) is 0 Å². The standard InChI is InChI=1S/C12H16N4O3S/c1-8-11(7-16(2)14-8)15-20(17,18)9-4-5-10(13)12(6-9)19-3/h4-7,15H,13H2,1-3H3. The highest BCUT2D eigenvalue weighted by Crippen LogP contribution is 2.26. The first-order chi connectivity index (χ1) is 9.33. The van der Waals surface area contributed by atoms with Gasteiger partial charge < -0.3 is 10.5 Å². The Labute approximate surface area is 117 Å². The number of nitrogens with zero attached hydrogens (tertiary/aromatic N) is 2. The van der Waals surface area contributed by atoms with E-state index >= 15 is 0 Å². The largest absolute Gasteiger partial charge is 0.495 e. The van der Waals surface area contributed by atoms with Crippen LogP contribution in [0.2, 0.25) is 0 Å². The van der Waals surface area contributed by atoms with E-state index in [-0.39, 0.29) is 4.90 Å². The van der Waals surface area contributed by atoms with Crippen LogP contribution >= 0.6 is 0 Å². The molecule has 0 aliphatic rings. The molecular formula is C12H16N4O3S. The van der Waals surface area contributed by atoms with Crippen molar-refractivity contribution in [2.75, 3.05) is 17.6 Å². The third-order valence-corrected chi connectivity index (χ3v) is 4.14. The zero-order valence-corrected chi connectivity index (χ0v) is 12.2. The van der Waals surface area contributed by atoms with E-state index in [1.807, 2.05) is 0 Å². The van der Waals surface area contributed by atoms with Crippen LogP contribution in [0.5, 0.6) is 5.75 Å². The minimum Gasteiger partial charge on any atom is -0.495 e. The Morgan fingerprint density at radius 1 is 1.40 bits per heavy atom. The number of hydrogen-bond acceptors (Lipinski definition) is 5. The molecule has 8 heteroatoms. The van der Waals surface area contributed by atoms with Gasteiger partial charge in [0.15, 0.2) is 0 Å². The van der Waals surface area contributed by atoms with E-state index in [1.54, 1.807) is 20.2 Å². The fraction of sp³-hybridized carbons (Fsp3) is 0.250. The first kappa shape index (κ1) is 14.2. The van der Waals surface area contributed by atoms with E-state index in [0.717, 1.165) is 0 Å². The van der Waals surface area contributed by atoms with Crippen LogP contribution in [0.25, 0.3) is 0 Å². The third-order valence-electron chi connectivity index (χ3n) is 2.77. The van der Waals surface area contributed by atoms with Crippen molar-refractivity contribution in [2.45, 2.75) is 11.8 Å². The van der Waals surface area contributed by atoms with E-state index in [1.165, 1.54) is 30.0 Å². The maximum Gasteiger partial charge on any atom is 0.262 e. The smallest absolute Gasteiger partial charge is 0.262 e. The summed E-state index contributed by atoms with van der Waals surface area (Å²) in [6.45, 7) is 1.72. The number of anilines is 2. The van der Waals surface area contributed by atoms with Crippen LogP contribution in [0.3, 0.4) is 0 Å². The second-order valence-electron chi connectivity index (χ2n) is 4.31. The molecule has 0 atom stereocenters. The molecule has 20 heavy (non-hydrogen) atoms. The summed E-state index contributed by atoms with van der Waals surface area (Å²) < 4.78 is 33.6. The van der Waals surface area contributed by atoms with Gasteiger partial charge in [-0.05, 0) is 19.1 Å². The first-order valence-electron chi connectivity index (χ1n) is 5.80. The summed E-state index contributed by atoms with van der Waals surface area (Å²) in [5.41, 5.74) is 7.08. The molecule has 0 amide bonds. The number of nitrogens with two attached hydrogens (primary N) is 1. The summed E-state index contributed by atoms with van der Waals surface area (Å²) in [5.74, 6) is 0.316. The van der Waals surface area contributed by atoms with Crippen molar-refractivity contribution in [2.24, 2.45) is 7.05 Å². The highest BCUT2D eigenvalue weighted by Gasteiger charge is 2.18. The number of rotatable bonds is 4. The molecule has 1 aromatic carbocycles. The quantitative estimate of drug-likeness (QED) is 0.824. The fourth-order valence-corrected chi connectivity index (χ4v) is 2.88. The molecule has 3 N–H and O–H groups in total. The van der Waals surface area contributed by atoms with E-state index in [2.05, 4.69) is 9.82 Å². The first-order valence-corrected chi connectivity index (χ1v) is 7.28. The number of hydrogen-bond donors (Lipinski definition) is 2. The van der Waals surface area contributed by atoms with E-state index in [0.29, 0.717) is 22.8 Å². The Morgan fingerprint density at radius 3 is 2.65 bits per heavy atom. The number of nitrogen functional groups attached to an aromatic ring is 1. The highest BCUT2D eigenvalue weighted by molar-refractivity contribution is 7.92. The molecule has 0 fully saturated rings. The average Bonchev–Trinajstić information content (AvgIpc) is 2.67. The molecule has 0 radical (unpaired) electrons. The normalized spacial score (nSPS) is 11.3. The second kappa shape index (κ2) is 5.04. The van der Waals surface area contributed by atoms with Gasteiger partial charge in [-0.15, -0.1) is 0 Å². The van der Waals surface area contributed by atoms with Gasteiger partial charge >= 0.3 is 0 Å². The van der Waals surface area contributed by atoms with Crippen LogP contribution < -0.4 is 15.2 Å². The van der Waals surface area contributed by atoms with Crippen molar-refractivity contribution in [3.63, 3.8) is 0 Å². The Kier molecular flexibility index (Phi) is 3.58. The van der Waals surface area contributed by atoms with Crippen LogP contribution in [0.15, 0.2) is 29.3 Å². The van der Waals surface area contributed by atoms with Gasteiger partial charge in [-0.2, -0.15) is 5.10 Å². The molecule has 0 aliphatic heterocycles. The van der Waals surface area contributed by atoms with Gasteiger partial charge in [-0.1, -0.05) is 0 Å². The van der Waals surface area contributed by atoms with Crippen LogP contribution in [-0.4, -0.2) is 25.3 Å². The molecule has 1 heterocycles. The molecule has 0 saturated heterocycles. The summed E-state index contributed by atoms with van der Waals surface area (Å²) in [4.78, 5) is 0.0757. The molecule has 2 rings (SSSR count). The number of aromatic nitrogens is 2. The molecule has 0 saturated carbocycles. The zero-order chi connectivity index (χ0) is 14.9. The van der Waals surface area contributed by atoms with Gasteiger partial charge in [0.1, 0.15) is 5.75 Å². The molecule has 0 spiro atoms. The highest BCUT2D eigenvalue weighted by atomic mass is 32.2. The lowest BCUT2D eigenvalue weighted by molar-refractivity contribution is 0.415. The van der Waals surface area contributed by atoms with Crippen molar-refractivity contribution < 1.29 is 13.2 Å². The number of sulfonamides is 1. The van der Waals surface area contributed by atoms with Gasteiger partial charge in [0.25, 0.3) is 10.0 Å². The number of benzene rings is 1. The number of nitrogens with one attached hydrogen (secondary N) is 1. The van der Waals surface area contributed by atoms with Gasteiger partial charge in [-0.3, -0.25) is 9.40 Å². The topological polar surface area (TPSA) is 99.2 Å². The van der Waals surface area contributed by atoms with E-state index in [9.17, 15) is 8.42 Å². The Balaban J connectivity index is 2.38. The number of ether oxygens (including phenoxy) is 1. The Bertz CT molecular complexity index is 737. The fourth-order valence-electron chi connectivity index (χ4n) is 1.76. The van der Waals surface area contributed by atoms with Crippen molar-refractivity contribution >= 4 is 21.4 Å². The van der Waals surface area contributed by atoms with Gasteiger partial charge in [-0.25, -0.2) is 8.42 Å². The molecule has 108 valence electrons. The average molecular weight is 296 g/mol. The summed E-state index contributed by atoms with van der Waals surface area (Å²) >= 11 is 0. The molecule has 0 aliphatic carbocycles. The van der Waals surface area contributed by atoms with Crippen LogP contribution in [-0.2, 0) is 17.1 Å². The van der Waals surface area contributed by atoms with Crippen LogP contribution in [0.4, 0.5) is 11.4 Å². The van der Waals surface area contributed by atoms with Gasteiger partial charge in [0.2, 0.25) is 0 Å². The summed E-state index contributed by atoms with van der Waals surface area (Å²) in [6, 6.07) is 4.29. The minimum absolute atomic E-state index is 0.0757. The number of aryl methyl sites for hydroxylation is 2. The maximum absolute atomic E-state index is 12.3. The molecule has 0 bridgehead atoms. The lowest BCUT2D eigenvalue weighted by Gasteiger charge is -2.09. The van der Waals surface area contributed by atoms with Crippen molar-refractivity contribution in [3.8, 4) is 5.75 Å². The summed E-state index contributed by atoms with van der Waals surface area (Å²) in [6.07, 6.45) is 1.60. The van der Waals surface area contributed by atoms with Crippen molar-refractivity contribution in [1.82, 2.24) is 9.78 Å². The van der Waals surface area contributed by atoms with E-state index < -0.39 is 10.0 Å². The molecule has 0 unspecified atom stereocenters. The van der Waals surface area contributed by atoms with Gasteiger partial charge in [0, 0.05) is 19.3 Å². The van der Waals surface area contributed by atoms with E-state index in [4.69, 9.17) is 10.5 Å². The molecular weight excluding hydrogens is 280 g/mol. The Hall–Kier alpha value is -2.22. The summed E-state index contributed by atoms with van der Waals surface area (Å²) in [5, 5.41) is 4.08. The van der Waals surface area contributed by atoms with Gasteiger partial charge in [0.05, 0.1) is 29.1 Å². The maximum atomic E-state index is 12.3. The van der Waals surface area contributed by atoms with Crippen LogP contribution in [0.1, 0.15) is 5.69 Å². The molecule has 1 aromatic heterocycles. The van der Waals surface area contributed by atoms with Crippen molar-refractivity contribution in [3.05, 3.63) is 30.1 Å². The lowest BCUT2D eigenvalue weighted by Crippen LogP contribution is -2.13. The number of methoxy groups -OCH3 is 1. The molecule has 7 nitrogen and oxygen atoms in total. The summed E-state index contributed by atoms with van der Waals surface area (Å²) in [7, 11) is -0.560. The monoisotopic (exact) mass is 296 g/mol. The second-order valence-corrected chi connectivity index (χ2v) is 5.99. The predicted octanol–water partition coefficient (Wildman–Crippen LogP) is 1.12. The minimum atomic E-state index is -3.71. The SMILES string of the molecule is COc1cc(S(=O)(=O)Nc2cn(C)nc2C)ccc1N. The lowest BCUT2D eigenvalue weighted by atomic mass is 10.3. The predicted molar refractivity (Wildman–Crippen MR) is 76.2 cm³/mol. The molecule has 2 aromatic rings. The zero-order valence-electron chi connectivity index (χ0n) is 11.4. The third kappa shape index (κ3) is 2.69. The Morgan fingerprint density at radius 2 is 2.10 bits per heavy atom. The van der Waals surface area contributed by atoms with Crippen LogP contribution in [0, 0.1) is 6.92 Å².